The number of ether oxygens (including phenoxy) is 1. The number of hydrogen-bond acceptors (Lipinski definition) is 5. The third-order valence-corrected chi connectivity index (χ3v) is 2.98. The van der Waals surface area contributed by atoms with Gasteiger partial charge in [0.25, 0.3) is 0 Å². The van der Waals surface area contributed by atoms with Crippen LogP contribution < -0.4 is 15.4 Å². The Bertz CT molecular complexity index is 430. The van der Waals surface area contributed by atoms with Gasteiger partial charge in [0, 0.05) is 17.7 Å². The monoisotopic (exact) mass is 250 g/mol. The molecule has 1 aliphatic heterocycles. The zero-order valence-electron chi connectivity index (χ0n) is 10.7. The molecule has 0 saturated carbocycles. The van der Waals surface area contributed by atoms with Crippen molar-refractivity contribution in [2.75, 3.05) is 25.5 Å². The summed E-state index contributed by atoms with van der Waals surface area (Å²) in [6.07, 6.45) is 1.74. The van der Waals surface area contributed by atoms with Crippen molar-refractivity contribution in [1.82, 2.24) is 15.3 Å². The van der Waals surface area contributed by atoms with Crippen molar-refractivity contribution in [2.24, 2.45) is 5.92 Å². The molecule has 0 spiro atoms. The van der Waals surface area contributed by atoms with E-state index < -0.39 is 0 Å². The number of carbonyl (C=O) groups is 1. The highest BCUT2D eigenvalue weighted by Crippen LogP contribution is 2.16. The highest BCUT2D eigenvalue weighted by Gasteiger charge is 2.21. The third-order valence-electron chi connectivity index (χ3n) is 2.98. The second kappa shape index (κ2) is 5.77. The summed E-state index contributed by atoms with van der Waals surface area (Å²) in [7, 11) is 1.51. The van der Waals surface area contributed by atoms with Gasteiger partial charge in [-0.1, -0.05) is 0 Å². The lowest BCUT2D eigenvalue weighted by Gasteiger charge is -2.21. The first-order chi connectivity index (χ1) is 8.69. The van der Waals surface area contributed by atoms with Crippen molar-refractivity contribution in [3.05, 3.63) is 11.8 Å². The van der Waals surface area contributed by atoms with Gasteiger partial charge in [-0.3, -0.25) is 4.79 Å². The van der Waals surface area contributed by atoms with E-state index in [0.29, 0.717) is 5.82 Å². The minimum absolute atomic E-state index is 0.0247. The fourth-order valence-electron chi connectivity index (χ4n) is 2.01. The standard InChI is InChI=1S/C12H18N4O2/c1-8-7-10(16-12(14-8)18-2)15-11(17)9-3-5-13-6-4-9/h7,9,13H,3-6H2,1-2H3,(H,14,15,16,17). The van der Waals surface area contributed by atoms with Gasteiger partial charge in [0.1, 0.15) is 5.82 Å². The molecule has 0 radical (unpaired) electrons. The average molecular weight is 250 g/mol. The zero-order valence-corrected chi connectivity index (χ0v) is 10.7. The molecule has 1 aromatic rings. The topological polar surface area (TPSA) is 76.1 Å². The van der Waals surface area contributed by atoms with Crippen LogP contribution in [0, 0.1) is 12.8 Å². The second-order valence-corrected chi connectivity index (χ2v) is 4.39. The number of piperidine rings is 1. The molecule has 18 heavy (non-hydrogen) atoms. The van der Waals surface area contributed by atoms with Gasteiger partial charge in [0.2, 0.25) is 5.91 Å². The molecule has 98 valence electrons. The summed E-state index contributed by atoms with van der Waals surface area (Å²) < 4.78 is 4.98. The lowest BCUT2D eigenvalue weighted by atomic mass is 9.97. The van der Waals surface area contributed by atoms with Crippen LogP contribution in [0.1, 0.15) is 18.5 Å². The number of aryl methyl sites for hydroxylation is 1. The minimum Gasteiger partial charge on any atom is -0.467 e. The Morgan fingerprint density at radius 3 is 2.83 bits per heavy atom. The molecule has 1 fully saturated rings. The van der Waals surface area contributed by atoms with Gasteiger partial charge in [0.15, 0.2) is 0 Å². The first kappa shape index (κ1) is 12.8. The highest BCUT2D eigenvalue weighted by molar-refractivity contribution is 5.91. The molecular formula is C12H18N4O2. The fraction of sp³-hybridized carbons (Fsp3) is 0.583. The first-order valence-electron chi connectivity index (χ1n) is 6.10. The number of carbonyl (C=O) groups excluding carboxylic acids is 1. The molecule has 1 aliphatic rings. The van der Waals surface area contributed by atoms with Gasteiger partial charge in [-0.15, -0.1) is 0 Å². The summed E-state index contributed by atoms with van der Waals surface area (Å²) in [5.74, 6) is 0.590. The van der Waals surface area contributed by atoms with Crippen LogP contribution in [0.2, 0.25) is 0 Å². The Morgan fingerprint density at radius 2 is 2.17 bits per heavy atom. The number of nitrogens with one attached hydrogen (secondary N) is 2. The SMILES string of the molecule is COc1nc(C)cc(NC(=O)C2CCNCC2)n1. The third kappa shape index (κ3) is 3.16. The normalized spacial score (nSPS) is 16.3. The van der Waals surface area contributed by atoms with Crippen LogP contribution in [-0.4, -0.2) is 36.1 Å². The van der Waals surface area contributed by atoms with Crippen LogP contribution in [0.5, 0.6) is 6.01 Å². The van der Waals surface area contributed by atoms with Crippen LogP contribution in [0.15, 0.2) is 6.07 Å². The molecule has 1 amide bonds. The molecule has 0 bridgehead atoms. The lowest BCUT2D eigenvalue weighted by molar-refractivity contribution is -0.120. The molecule has 0 aliphatic carbocycles. The molecule has 0 atom stereocenters. The Kier molecular flexibility index (Phi) is 4.09. The Balaban J connectivity index is 2.03. The number of aromatic nitrogens is 2. The van der Waals surface area contributed by atoms with Gasteiger partial charge in [-0.05, 0) is 32.9 Å². The first-order valence-corrected chi connectivity index (χ1v) is 6.10. The summed E-state index contributed by atoms with van der Waals surface area (Å²) in [4.78, 5) is 20.2. The fourth-order valence-corrected chi connectivity index (χ4v) is 2.01. The van der Waals surface area contributed by atoms with Gasteiger partial charge in [0.05, 0.1) is 7.11 Å². The quantitative estimate of drug-likeness (QED) is 0.827. The van der Waals surface area contributed by atoms with Crippen LogP contribution in [-0.2, 0) is 4.79 Å². The molecule has 2 rings (SSSR count). The van der Waals surface area contributed by atoms with E-state index in [2.05, 4.69) is 20.6 Å². The molecule has 6 nitrogen and oxygen atoms in total. The van der Waals surface area contributed by atoms with Crippen LogP contribution in [0.3, 0.4) is 0 Å². The summed E-state index contributed by atoms with van der Waals surface area (Å²) in [6.45, 7) is 3.62. The predicted molar refractivity (Wildman–Crippen MR) is 67.5 cm³/mol. The van der Waals surface area contributed by atoms with E-state index in [-0.39, 0.29) is 17.8 Å². The minimum atomic E-state index is 0.0247. The summed E-state index contributed by atoms with van der Waals surface area (Å²) in [5, 5.41) is 6.06. The van der Waals surface area contributed by atoms with E-state index in [4.69, 9.17) is 4.74 Å². The predicted octanol–water partition coefficient (Wildman–Crippen LogP) is 0.732. The maximum absolute atomic E-state index is 12.0. The van der Waals surface area contributed by atoms with E-state index in [1.165, 1.54) is 7.11 Å². The maximum Gasteiger partial charge on any atom is 0.318 e. The van der Waals surface area contributed by atoms with Crippen molar-refractivity contribution >= 4 is 11.7 Å². The van der Waals surface area contributed by atoms with E-state index in [9.17, 15) is 4.79 Å². The smallest absolute Gasteiger partial charge is 0.318 e. The molecular weight excluding hydrogens is 232 g/mol. The van der Waals surface area contributed by atoms with E-state index >= 15 is 0 Å². The summed E-state index contributed by atoms with van der Waals surface area (Å²) in [5.41, 5.74) is 0.766. The van der Waals surface area contributed by atoms with Gasteiger partial charge >= 0.3 is 6.01 Å². The van der Waals surface area contributed by atoms with E-state index in [0.717, 1.165) is 31.6 Å². The van der Waals surface area contributed by atoms with E-state index in [1.54, 1.807) is 6.07 Å². The Morgan fingerprint density at radius 1 is 1.44 bits per heavy atom. The van der Waals surface area contributed by atoms with Crippen LogP contribution >= 0.6 is 0 Å². The lowest BCUT2D eigenvalue weighted by Crippen LogP contribution is -2.34. The molecule has 1 saturated heterocycles. The van der Waals surface area contributed by atoms with Crippen molar-refractivity contribution in [3.63, 3.8) is 0 Å². The van der Waals surface area contributed by atoms with Crippen LogP contribution in [0.25, 0.3) is 0 Å². The molecule has 2 N–H and O–H groups in total. The summed E-state index contributed by atoms with van der Waals surface area (Å²) >= 11 is 0. The molecule has 2 heterocycles. The number of rotatable bonds is 3. The highest BCUT2D eigenvalue weighted by atomic mass is 16.5. The molecule has 1 aromatic heterocycles. The second-order valence-electron chi connectivity index (χ2n) is 4.39. The van der Waals surface area contributed by atoms with Crippen molar-refractivity contribution in [3.8, 4) is 6.01 Å². The molecule has 0 unspecified atom stereocenters. The van der Waals surface area contributed by atoms with Crippen molar-refractivity contribution < 1.29 is 9.53 Å². The number of methoxy groups -OCH3 is 1. The largest absolute Gasteiger partial charge is 0.467 e. The number of hydrogen-bond donors (Lipinski definition) is 2. The molecule has 6 heteroatoms. The maximum atomic E-state index is 12.0. The Labute approximate surface area is 106 Å². The van der Waals surface area contributed by atoms with E-state index in [1.807, 2.05) is 6.92 Å². The number of anilines is 1. The Hall–Kier alpha value is -1.69. The van der Waals surface area contributed by atoms with Gasteiger partial charge in [-0.2, -0.15) is 4.98 Å². The van der Waals surface area contributed by atoms with Crippen molar-refractivity contribution in [1.29, 1.82) is 0 Å². The van der Waals surface area contributed by atoms with Gasteiger partial charge in [-0.25, -0.2) is 4.98 Å². The van der Waals surface area contributed by atoms with Crippen molar-refractivity contribution in [2.45, 2.75) is 19.8 Å². The average Bonchev–Trinajstić information content (AvgIpc) is 2.39. The molecule has 0 aromatic carbocycles. The number of nitrogens with zero attached hydrogens (tertiary/aromatic N) is 2. The van der Waals surface area contributed by atoms with Crippen LogP contribution in [0.4, 0.5) is 5.82 Å². The zero-order chi connectivity index (χ0) is 13.0. The number of amides is 1. The van der Waals surface area contributed by atoms with Gasteiger partial charge < -0.3 is 15.4 Å². The summed E-state index contributed by atoms with van der Waals surface area (Å²) in [6, 6.07) is 2.01.